The molecular formula is C18H20N2O3S. The molecule has 2 N–H and O–H groups in total. The van der Waals surface area contributed by atoms with Crippen LogP contribution in [-0.4, -0.2) is 27.2 Å². The second-order valence-electron chi connectivity index (χ2n) is 5.64. The van der Waals surface area contributed by atoms with E-state index >= 15 is 0 Å². The number of anilines is 1. The third-order valence-corrected chi connectivity index (χ3v) is 4.65. The summed E-state index contributed by atoms with van der Waals surface area (Å²) in [6.07, 6.45) is 1.32. The number of carboxylic acids is 1. The molecular weight excluding hydrogens is 324 g/mol. The maximum absolute atomic E-state index is 12.3. The summed E-state index contributed by atoms with van der Waals surface area (Å²) in [6, 6.07) is 8.40. The van der Waals surface area contributed by atoms with E-state index < -0.39 is 11.9 Å². The predicted octanol–water partition coefficient (Wildman–Crippen LogP) is 3.98. The Bertz CT molecular complexity index is 760. The molecule has 0 fully saturated rings. The second-order valence-corrected chi connectivity index (χ2v) is 7.20. The molecule has 24 heavy (non-hydrogen) atoms. The number of benzene rings is 1. The van der Waals surface area contributed by atoms with Crippen molar-refractivity contribution >= 4 is 29.3 Å². The number of carboxylic acid groups (broad SMARTS) is 1. The van der Waals surface area contributed by atoms with Crippen molar-refractivity contribution in [3.63, 3.8) is 0 Å². The monoisotopic (exact) mass is 344 g/mol. The molecule has 0 aliphatic heterocycles. The predicted molar refractivity (Wildman–Crippen MR) is 96.8 cm³/mol. The molecule has 0 radical (unpaired) electrons. The lowest BCUT2D eigenvalue weighted by Crippen LogP contribution is -2.15. The summed E-state index contributed by atoms with van der Waals surface area (Å²) >= 11 is 1.84. The van der Waals surface area contributed by atoms with Gasteiger partial charge >= 0.3 is 5.97 Å². The SMILES string of the molecule is Cc1c(CSC(C)C)cccc1NC(=O)c1cc(C(=O)O)ccn1. The molecule has 6 heteroatoms. The van der Waals surface area contributed by atoms with Gasteiger partial charge in [-0.2, -0.15) is 11.8 Å². The van der Waals surface area contributed by atoms with E-state index in [0.29, 0.717) is 10.9 Å². The summed E-state index contributed by atoms with van der Waals surface area (Å²) in [5, 5.41) is 12.4. The zero-order valence-electron chi connectivity index (χ0n) is 13.9. The molecule has 2 rings (SSSR count). The van der Waals surface area contributed by atoms with Crippen LogP contribution in [0.3, 0.4) is 0 Å². The normalized spacial score (nSPS) is 10.7. The molecule has 1 heterocycles. The van der Waals surface area contributed by atoms with Gasteiger partial charge in [0.1, 0.15) is 5.69 Å². The largest absolute Gasteiger partial charge is 0.478 e. The molecule has 0 aliphatic carbocycles. The van der Waals surface area contributed by atoms with Crippen molar-refractivity contribution in [2.45, 2.75) is 31.8 Å². The first-order chi connectivity index (χ1) is 11.4. The first kappa shape index (κ1) is 18.0. The van der Waals surface area contributed by atoms with E-state index in [4.69, 9.17) is 5.11 Å². The number of nitrogens with one attached hydrogen (secondary N) is 1. The van der Waals surface area contributed by atoms with Crippen molar-refractivity contribution in [2.75, 3.05) is 5.32 Å². The molecule has 2 aromatic rings. The Morgan fingerprint density at radius 1 is 1.29 bits per heavy atom. The van der Waals surface area contributed by atoms with Crippen molar-refractivity contribution in [3.05, 3.63) is 58.9 Å². The molecule has 1 amide bonds. The fourth-order valence-electron chi connectivity index (χ4n) is 2.11. The molecule has 5 nitrogen and oxygen atoms in total. The van der Waals surface area contributed by atoms with E-state index in [0.717, 1.165) is 11.3 Å². The van der Waals surface area contributed by atoms with E-state index in [1.165, 1.54) is 23.9 Å². The lowest BCUT2D eigenvalue weighted by molar-refractivity contribution is 0.0696. The average molecular weight is 344 g/mol. The van der Waals surface area contributed by atoms with Gasteiger partial charge < -0.3 is 10.4 Å². The van der Waals surface area contributed by atoms with E-state index in [1.807, 2.05) is 36.9 Å². The highest BCUT2D eigenvalue weighted by Gasteiger charge is 2.13. The number of nitrogens with zero attached hydrogens (tertiary/aromatic N) is 1. The number of thioether (sulfide) groups is 1. The van der Waals surface area contributed by atoms with Gasteiger partial charge in [0.05, 0.1) is 5.56 Å². The number of amides is 1. The van der Waals surface area contributed by atoms with E-state index in [2.05, 4.69) is 24.1 Å². The molecule has 0 spiro atoms. The molecule has 0 saturated heterocycles. The molecule has 1 aromatic heterocycles. The van der Waals surface area contributed by atoms with Crippen LogP contribution in [0.5, 0.6) is 0 Å². The molecule has 0 saturated carbocycles. The van der Waals surface area contributed by atoms with Crippen molar-refractivity contribution in [1.82, 2.24) is 4.98 Å². The summed E-state index contributed by atoms with van der Waals surface area (Å²) < 4.78 is 0. The van der Waals surface area contributed by atoms with Gasteiger partial charge in [-0.15, -0.1) is 0 Å². The minimum absolute atomic E-state index is 0.0361. The highest BCUT2D eigenvalue weighted by molar-refractivity contribution is 7.99. The van der Waals surface area contributed by atoms with Gasteiger partial charge in [-0.1, -0.05) is 26.0 Å². The third kappa shape index (κ3) is 4.58. The summed E-state index contributed by atoms with van der Waals surface area (Å²) in [5.41, 5.74) is 3.00. The van der Waals surface area contributed by atoms with E-state index in [1.54, 1.807) is 0 Å². The highest BCUT2D eigenvalue weighted by Crippen LogP contribution is 2.25. The summed E-state index contributed by atoms with van der Waals surface area (Å²) in [7, 11) is 0. The van der Waals surface area contributed by atoms with Gasteiger partial charge in [0.25, 0.3) is 5.91 Å². The molecule has 0 aliphatic rings. The minimum Gasteiger partial charge on any atom is -0.478 e. The number of rotatable bonds is 6. The number of hydrogen-bond donors (Lipinski definition) is 2. The van der Waals surface area contributed by atoms with Crippen LogP contribution >= 0.6 is 11.8 Å². The Morgan fingerprint density at radius 2 is 2.04 bits per heavy atom. The number of aromatic nitrogens is 1. The Hall–Kier alpha value is -2.34. The maximum Gasteiger partial charge on any atom is 0.335 e. The van der Waals surface area contributed by atoms with Gasteiger partial charge in [0, 0.05) is 17.6 Å². The molecule has 126 valence electrons. The van der Waals surface area contributed by atoms with Gasteiger partial charge in [0.2, 0.25) is 0 Å². The molecule has 0 unspecified atom stereocenters. The number of aromatic carboxylic acids is 1. The van der Waals surface area contributed by atoms with Crippen LogP contribution in [0.25, 0.3) is 0 Å². The van der Waals surface area contributed by atoms with Crippen LogP contribution < -0.4 is 5.32 Å². The van der Waals surface area contributed by atoms with E-state index in [9.17, 15) is 9.59 Å². The van der Waals surface area contributed by atoms with Crippen LogP contribution in [0, 0.1) is 6.92 Å². The van der Waals surface area contributed by atoms with Crippen molar-refractivity contribution < 1.29 is 14.7 Å². The van der Waals surface area contributed by atoms with Crippen LogP contribution in [0.15, 0.2) is 36.5 Å². The van der Waals surface area contributed by atoms with Gasteiger partial charge in [-0.25, -0.2) is 4.79 Å². The fourth-order valence-corrected chi connectivity index (χ4v) is 2.93. The van der Waals surface area contributed by atoms with Crippen LogP contribution in [0.1, 0.15) is 45.8 Å². The lowest BCUT2D eigenvalue weighted by Gasteiger charge is -2.13. The fraction of sp³-hybridized carbons (Fsp3) is 0.278. The van der Waals surface area contributed by atoms with Gasteiger partial charge in [-0.05, 0) is 41.5 Å². The van der Waals surface area contributed by atoms with Crippen LogP contribution in [0.4, 0.5) is 5.69 Å². The smallest absolute Gasteiger partial charge is 0.335 e. The highest BCUT2D eigenvalue weighted by atomic mass is 32.2. The van der Waals surface area contributed by atoms with Crippen LogP contribution in [-0.2, 0) is 5.75 Å². The Labute approximate surface area is 145 Å². The Balaban J connectivity index is 2.18. The number of hydrogen-bond acceptors (Lipinski definition) is 4. The quantitative estimate of drug-likeness (QED) is 0.828. The third-order valence-electron chi connectivity index (χ3n) is 3.51. The van der Waals surface area contributed by atoms with Crippen LogP contribution in [0.2, 0.25) is 0 Å². The Morgan fingerprint density at radius 3 is 2.71 bits per heavy atom. The van der Waals surface area contributed by atoms with Gasteiger partial charge in [-0.3, -0.25) is 9.78 Å². The first-order valence-electron chi connectivity index (χ1n) is 7.59. The van der Waals surface area contributed by atoms with Gasteiger partial charge in [0.15, 0.2) is 0 Å². The lowest BCUT2D eigenvalue weighted by atomic mass is 10.1. The second kappa shape index (κ2) is 7.97. The molecule has 0 bridgehead atoms. The molecule has 1 aromatic carbocycles. The number of carbonyl (C=O) groups is 2. The molecule has 0 atom stereocenters. The minimum atomic E-state index is -1.09. The average Bonchev–Trinajstić information content (AvgIpc) is 2.55. The topological polar surface area (TPSA) is 79.3 Å². The number of carbonyl (C=O) groups excluding carboxylic acids is 1. The standard InChI is InChI=1S/C18H20N2O3S/c1-11(2)24-10-14-5-4-6-15(12(14)3)20-17(21)16-9-13(18(22)23)7-8-19-16/h4-9,11H,10H2,1-3H3,(H,20,21)(H,22,23). The summed E-state index contributed by atoms with van der Waals surface area (Å²) in [5.74, 6) is -0.634. The first-order valence-corrected chi connectivity index (χ1v) is 8.64. The summed E-state index contributed by atoms with van der Waals surface area (Å²) in [4.78, 5) is 27.3. The summed E-state index contributed by atoms with van der Waals surface area (Å²) in [6.45, 7) is 6.26. The maximum atomic E-state index is 12.3. The zero-order valence-corrected chi connectivity index (χ0v) is 14.7. The van der Waals surface area contributed by atoms with Crippen molar-refractivity contribution in [2.24, 2.45) is 0 Å². The zero-order chi connectivity index (χ0) is 17.7. The Kier molecular flexibility index (Phi) is 5.98. The number of pyridine rings is 1. The van der Waals surface area contributed by atoms with Crippen molar-refractivity contribution in [1.29, 1.82) is 0 Å². The van der Waals surface area contributed by atoms with Crippen molar-refractivity contribution in [3.8, 4) is 0 Å². The van der Waals surface area contributed by atoms with E-state index in [-0.39, 0.29) is 11.3 Å².